The Bertz CT molecular complexity index is 1070. The van der Waals surface area contributed by atoms with Gasteiger partial charge in [0.05, 0.1) is 17.2 Å². The van der Waals surface area contributed by atoms with Gasteiger partial charge in [0.2, 0.25) is 0 Å². The Morgan fingerprint density at radius 2 is 2.07 bits per heavy atom. The van der Waals surface area contributed by atoms with E-state index in [1.54, 1.807) is 18.2 Å². The molecule has 1 N–H and O–H groups in total. The number of carbonyl (C=O) groups is 1. The molecular formula is C23H25N3O2. The van der Waals surface area contributed by atoms with E-state index in [1.807, 2.05) is 4.90 Å². The fourth-order valence-corrected chi connectivity index (χ4v) is 4.52. The first kappa shape index (κ1) is 18.4. The molecule has 2 aromatic carbocycles. The van der Waals surface area contributed by atoms with Crippen molar-refractivity contribution in [3.05, 3.63) is 75.7 Å². The Labute approximate surface area is 164 Å². The number of fused-ring (bicyclic) bond motifs is 1. The second-order valence-electron chi connectivity index (χ2n) is 7.56. The summed E-state index contributed by atoms with van der Waals surface area (Å²) in [6.45, 7) is 5.09. The third-order valence-corrected chi connectivity index (χ3v) is 5.87. The van der Waals surface area contributed by atoms with Gasteiger partial charge in [0.15, 0.2) is 0 Å². The molecule has 1 fully saturated rings. The minimum absolute atomic E-state index is 0.0417. The van der Waals surface area contributed by atoms with E-state index in [1.165, 1.54) is 17.3 Å². The summed E-state index contributed by atoms with van der Waals surface area (Å²) in [4.78, 5) is 33.8. The van der Waals surface area contributed by atoms with Crippen molar-refractivity contribution in [1.82, 2.24) is 14.9 Å². The van der Waals surface area contributed by atoms with Gasteiger partial charge in [-0.25, -0.2) is 4.98 Å². The first-order valence-corrected chi connectivity index (χ1v) is 9.94. The molecule has 0 radical (unpaired) electrons. The van der Waals surface area contributed by atoms with Gasteiger partial charge in [-0.1, -0.05) is 31.2 Å². The minimum atomic E-state index is -0.241. The normalized spacial score (nSPS) is 19.7. The van der Waals surface area contributed by atoms with Crippen LogP contribution in [0.25, 0.3) is 11.0 Å². The third-order valence-electron chi connectivity index (χ3n) is 5.87. The van der Waals surface area contributed by atoms with Crippen LogP contribution < -0.4 is 5.56 Å². The van der Waals surface area contributed by atoms with E-state index in [9.17, 15) is 9.59 Å². The Hall–Kier alpha value is -2.95. The number of aromatic nitrogens is 2. The molecule has 1 saturated heterocycles. The zero-order valence-corrected chi connectivity index (χ0v) is 16.3. The van der Waals surface area contributed by atoms with E-state index in [0.717, 1.165) is 25.8 Å². The molecule has 2 unspecified atom stereocenters. The molecule has 1 aromatic heterocycles. The number of H-pyrrole nitrogens is 1. The lowest BCUT2D eigenvalue weighted by Gasteiger charge is -2.42. The fraction of sp³-hybridized carbons (Fsp3) is 0.348. The number of amides is 1. The highest BCUT2D eigenvalue weighted by molar-refractivity contribution is 5.97. The molecule has 1 aliphatic heterocycles. The van der Waals surface area contributed by atoms with Crippen molar-refractivity contribution in [3.8, 4) is 0 Å². The molecule has 5 heteroatoms. The van der Waals surface area contributed by atoms with Crippen LogP contribution in [0, 0.1) is 6.92 Å². The van der Waals surface area contributed by atoms with Gasteiger partial charge in [-0.2, -0.15) is 0 Å². The molecule has 0 aliphatic carbocycles. The molecule has 1 aliphatic rings. The molecule has 144 valence electrons. The standard InChI is InChI=1S/C23H25N3O2/c1-3-21-18(17-8-5-4-7-15(17)2)9-6-12-26(21)23(28)16-10-11-19-20(13-16)24-14-22(27)25-19/h4-5,7-8,10-11,13-14,18,21H,3,6,9,12H2,1-2H3,(H,25,27). The van der Waals surface area contributed by atoms with E-state index in [0.29, 0.717) is 22.5 Å². The smallest absolute Gasteiger partial charge is 0.266 e. The van der Waals surface area contributed by atoms with E-state index in [-0.39, 0.29) is 17.5 Å². The average molecular weight is 375 g/mol. The number of likely N-dealkylation sites (tertiary alicyclic amines) is 1. The molecule has 0 spiro atoms. The van der Waals surface area contributed by atoms with Crippen LogP contribution in [0.2, 0.25) is 0 Å². The summed E-state index contributed by atoms with van der Waals surface area (Å²) in [5.74, 6) is 0.402. The summed E-state index contributed by atoms with van der Waals surface area (Å²) in [5.41, 5.74) is 4.30. The third kappa shape index (κ3) is 3.33. The van der Waals surface area contributed by atoms with Gasteiger partial charge in [0.25, 0.3) is 11.5 Å². The predicted molar refractivity (Wildman–Crippen MR) is 111 cm³/mol. The van der Waals surface area contributed by atoms with Gasteiger partial charge in [-0.3, -0.25) is 9.59 Å². The summed E-state index contributed by atoms with van der Waals surface area (Å²) in [6, 6.07) is 14.0. The molecule has 0 bridgehead atoms. The SMILES string of the molecule is CCC1C(c2ccccc2C)CCCN1C(=O)c1ccc2[nH]c(=O)cnc2c1. The Balaban J connectivity index is 1.67. The first-order valence-electron chi connectivity index (χ1n) is 9.94. The first-order chi connectivity index (χ1) is 13.6. The predicted octanol–water partition coefficient (Wildman–Crippen LogP) is 4.03. The van der Waals surface area contributed by atoms with Gasteiger partial charge in [-0.05, 0) is 55.5 Å². The zero-order valence-electron chi connectivity index (χ0n) is 16.3. The Morgan fingerprint density at radius 1 is 1.25 bits per heavy atom. The van der Waals surface area contributed by atoms with Crippen LogP contribution in [0.4, 0.5) is 0 Å². The van der Waals surface area contributed by atoms with Gasteiger partial charge < -0.3 is 9.88 Å². The molecular weight excluding hydrogens is 350 g/mol. The second kappa shape index (κ2) is 7.58. The molecule has 3 aromatic rings. The zero-order chi connectivity index (χ0) is 19.7. The van der Waals surface area contributed by atoms with Crippen molar-refractivity contribution < 1.29 is 4.79 Å². The van der Waals surface area contributed by atoms with E-state index in [2.05, 4.69) is 48.1 Å². The summed E-state index contributed by atoms with van der Waals surface area (Å²) in [6.07, 6.45) is 4.28. The summed E-state index contributed by atoms with van der Waals surface area (Å²) < 4.78 is 0. The molecule has 1 amide bonds. The lowest BCUT2D eigenvalue weighted by molar-refractivity contribution is 0.0567. The van der Waals surface area contributed by atoms with Gasteiger partial charge in [0.1, 0.15) is 0 Å². The Morgan fingerprint density at radius 3 is 2.86 bits per heavy atom. The summed E-state index contributed by atoms with van der Waals surface area (Å²) in [7, 11) is 0. The van der Waals surface area contributed by atoms with Crippen LogP contribution in [0.1, 0.15) is 53.6 Å². The van der Waals surface area contributed by atoms with Crippen molar-refractivity contribution >= 4 is 16.9 Å². The molecule has 4 rings (SSSR count). The maximum Gasteiger partial charge on any atom is 0.266 e. The number of hydrogen-bond acceptors (Lipinski definition) is 3. The van der Waals surface area contributed by atoms with Crippen molar-refractivity contribution in [2.24, 2.45) is 0 Å². The quantitative estimate of drug-likeness (QED) is 0.752. The van der Waals surface area contributed by atoms with Crippen molar-refractivity contribution in [2.45, 2.75) is 45.1 Å². The number of nitrogens with one attached hydrogen (secondary N) is 1. The number of aromatic amines is 1. The highest BCUT2D eigenvalue weighted by Crippen LogP contribution is 2.36. The molecule has 2 atom stereocenters. The number of nitrogens with zero attached hydrogens (tertiary/aromatic N) is 2. The largest absolute Gasteiger partial charge is 0.335 e. The van der Waals surface area contributed by atoms with E-state index in [4.69, 9.17) is 0 Å². The number of piperidine rings is 1. The summed E-state index contributed by atoms with van der Waals surface area (Å²) >= 11 is 0. The summed E-state index contributed by atoms with van der Waals surface area (Å²) in [5, 5.41) is 0. The van der Waals surface area contributed by atoms with E-state index >= 15 is 0 Å². The molecule has 28 heavy (non-hydrogen) atoms. The van der Waals surface area contributed by atoms with Crippen LogP contribution in [0.5, 0.6) is 0 Å². The number of carbonyl (C=O) groups excluding carboxylic acids is 1. The highest BCUT2D eigenvalue weighted by Gasteiger charge is 2.34. The fourth-order valence-electron chi connectivity index (χ4n) is 4.52. The maximum absolute atomic E-state index is 13.4. The second-order valence-corrected chi connectivity index (χ2v) is 7.56. The van der Waals surface area contributed by atoms with Crippen LogP contribution in [-0.4, -0.2) is 33.4 Å². The van der Waals surface area contributed by atoms with Crippen molar-refractivity contribution in [1.29, 1.82) is 0 Å². The number of benzene rings is 2. The topological polar surface area (TPSA) is 66.1 Å². The lowest BCUT2D eigenvalue weighted by Crippen LogP contribution is -2.47. The van der Waals surface area contributed by atoms with Gasteiger partial charge in [-0.15, -0.1) is 0 Å². The molecule has 2 heterocycles. The molecule has 5 nitrogen and oxygen atoms in total. The number of aryl methyl sites for hydroxylation is 1. The van der Waals surface area contributed by atoms with E-state index < -0.39 is 0 Å². The van der Waals surface area contributed by atoms with Crippen LogP contribution in [-0.2, 0) is 0 Å². The average Bonchev–Trinajstić information content (AvgIpc) is 2.72. The molecule has 0 saturated carbocycles. The van der Waals surface area contributed by atoms with Gasteiger partial charge >= 0.3 is 0 Å². The van der Waals surface area contributed by atoms with Crippen molar-refractivity contribution in [3.63, 3.8) is 0 Å². The number of hydrogen-bond donors (Lipinski definition) is 1. The monoisotopic (exact) mass is 375 g/mol. The maximum atomic E-state index is 13.4. The minimum Gasteiger partial charge on any atom is -0.335 e. The highest BCUT2D eigenvalue weighted by atomic mass is 16.2. The van der Waals surface area contributed by atoms with Crippen LogP contribution in [0.3, 0.4) is 0 Å². The lowest BCUT2D eigenvalue weighted by atomic mass is 9.80. The number of rotatable bonds is 3. The van der Waals surface area contributed by atoms with Crippen LogP contribution >= 0.6 is 0 Å². The van der Waals surface area contributed by atoms with Crippen LogP contribution in [0.15, 0.2) is 53.5 Å². The van der Waals surface area contributed by atoms with Crippen molar-refractivity contribution in [2.75, 3.05) is 6.54 Å². The Kier molecular flexibility index (Phi) is 4.99. The van der Waals surface area contributed by atoms with Gasteiger partial charge in [0, 0.05) is 24.1 Å².